The number of aliphatic imine (C=N–C) groups is 1. The Morgan fingerprint density at radius 3 is 2.68 bits per heavy atom. The van der Waals surface area contributed by atoms with Crippen molar-refractivity contribution in [2.75, 3.05) is 39.3 Å². The smallest absolute Gasteiger partial charge is 0.225 e. The van der Waals surface area contributed by atoms with Gasteiger partial charge in [-0.25, -0.2) is 0 Å². The van der Waals surface area contributed by atoms with Crippen molar-refractivity contribution in [1.29, 1.82) is 0 Å². The molecule has 4 rings (SSSR count). The van der Waals surface area contributed by atoms with E-state index in [0.717, 1.165) is 57.9 Å². The van der Waals surface area contributed by atoms with Crippen molar-refractivity contribution in [3.8, 4) is 0 Å². The highest BCUT2D eigenvalue weighted by Gasteiger charge is 2.32. The highest BCUT2D eigenvalue weighted by atomic mass is 32.1. The average molecular weight is 446 g/mol. The highest BCUT2D eigenvalue weighted by Crippen LogP contribution is 2.28. The first-order valence-corrected chi connectivity index (χ1v) is 13.2. The van der Waals surface area contributed by atoms with Crippen molar-refractivity contribution in [3.63, 3.8) is 0 Å². The zero-order chi connectivity index (χ0) is 21.5. The molecule has 7 heteroatoms. The van der Waals surface area contributed by atoms with Gasteiger partial charge in [0.15, 0.2) is 5.96 Å². The lowest BCUT2D eigenvalue weighted by atomic mass is 9.97. The van der Waals surface area contributed by atoms with E-state index in [2.05, 4.69) is 44.9 Å². The number of guanidine groups is 1. The van der Waals surface area contributed by atoms with Crippen LogP contribution < -0.4 is 10.6 Å². The first-order chi connectivity index (χ1) is 15.2. The van der Waals surface area contributed by atoms with Crippen molar-refractivity contribution in [1.82, 2.24) is 20.4 Å². The first-order valence-electron chi connectivity index (χ1n) is 12.3. The molecule has 6 nitrogen and oxygen atoms in total. The van der Waals surface area contributed by atoms with E-state index in [1.165, 1.54) is 43.6 Å². The molecule has 0 spiro atoms. The van der Waals surface area contributed by atoms with Gasteiger partial charge in [0.25, 0.3) is 0 Å². The van der Waals surface area contributed by atoms with Crippen molar-refractivity contribution < 1.29 is 4.79 Å². The zero-order valence-electron chi connectivity index (χ0n) is 19.0. The van der Waals surface area contributed by atoms with Gasteiger partial charge >= 0.3 is 0 Å². The van der Waals surface area contributed by atoms with E-state index in [-0.39, 0.29) is 5.92 Å². The van der Waals surface area contributed by atoms with E-state index in [4.69, 9.17) is 4.99 Å². The van der Waals surface area contributed by atoms with Crippen LogP contribution in [0.1, 0.15) is 56.7 Å². The molecule has 2 saturated heterocycles. The van der Waals surface area contributed by atoms with E-state index in [1.807, 2.05) is 11.3 Å². The summed E-state index contributed by atoms with van der Waals surface area (Å²) in [7, 11) is 0. The maximum absolute atomic E-state index is 12.7. The number of thiophene rings is 1. The molecule has 0 aromatic carbocycles. The van der Waals surface area contributed by atoms with Crippen molar-refractivity contribution in [2.45, 2.75) is 64.5 Å². The SMILES string of the molecule is CCNC(=NCC1CCN(Cc2cccs2)CC1)NC1CCN(C(=O)C2CCCC2)C1. The minimum absolute atomic E-state index is 0.284. The first kappa shape index (κ1) is 22.6. The molecular formula is C24H39N5OS. The molecule has 2 aliphatic heterocycles. The van der Waals surface area contributed by atoms with Crippen LogP contribution in [0, 0.1) is 11.8 Å². The molecule has 3 fully saturated rings. The third-order valence-electron chi connectivity index (χ3n) is 7.06. The third-order valence-corrected chi connectivity index (χ3v) is 7.92. The van der Waals surface area contributed by atoms with E-state index in [1.54, 1.807) is 0 Å². The summed E-state index contributed by atoms with van der Waals surface area (Å²) < 4.78 is 0. The number of rotatable bonds is 7. The predicted molar refractivity (Wildman–Crippen MR) is 128 cm³/mol. The lowest BCUT2D eigenvalue weighted by Crippen LogP contribution is -2.45. The summed E-state index contributed by atoms with van der Waals surface area (Å²) in [5.41, 5.74) is 0. The Bertz CT molecular complexity index is 708. The third kappa shape index (κ3) is 6.45. The highest BCUT2D eigenvalue weighted by molar-refractivity contribution is 7.09. The Morgan fingerprint density at radius 1 is 1.16 bits per heavy atom. The van der Waals surface area contributed by atoms with Gasteiger partial charge in [-0.05, 0) is 69.5 Å². The Morgan fingerprint density at radius 2 is 1.97 bits per heavy atom. The lowest BCUT2D eigenvalue weighted by molar-refractivity contribution is -0.134. The molecule has 1 aromatic rings. The number of piperidine rings is 1. The molecule has 1 atom stereocenters. The molecule has 1 aromatic heterocycles. The second-order valence-electron chi connectivity index (χ2n) is 9.41. The number of carbonyl (C=O) groups is 1. The number of amides is 1. The second kappa shape index (κ2) is 11.3. The summed E-state index contributed by atoms with van der Waals surface area (Å²) in [5, 5.41) is 9.19. The number of nitrogens with one attached hydrogen (secondary N) is 2. The van der Waals surface area contributed by atoms with Crippen molar-refractivity contribution in [2.24, 2.45) is 16.8 Å². The van der Waals surface area contributed by atoms with Crippen LogP contribution in [-0.4, -0.2) is 67.0 Å². The van der Waals surface area contributed by atoms with Crippen LogP contribution in [0.25, 0.3) is 0 Å². The molecule has 2 N–H and O–H groups in total. The Kier molecular flexibility index (Phi) is 8.25. The minimum atomic E-state index is 0.284. The summed E-state index contributed by atoms with van der Waals surface area (Å²) in [6, 6.07) is 4.70. The Balaban J connectivity index is 1.21. The molecule has 1 amide bonds. The van der Waals surface area contributed by atoms with Gasteiger partial charge in [0.05, 0.1) is 0 Å². The van der Waals surface area contributed by atoms with Crippen LogP contribution in [0.3, 0.4) is 0 Å². The predicted octanol–water partition coefficient (Wildman–Crippen LogP) is 3.31. The van der Waals surface area contributed by atoms with Gasteiger partial charge in [0, 0.05) is 49.6 Å². The van der Waals surface area contributed by atoms with Crippen LogP contribution >= 0.6 is 11.3 Å². The second-order valence-corrected chi connectivity index (χ2v) is 10.4. The largest absolute Gasteiger partial charge is 0.357 e. The fraction of sp³-hybridized carbons (Fsp3) is 0.750. The monoisotopic (exact) mass is 445 g/mol. The standard InChI is InChI=1S/C24H39N5OS/c1-2-25-24(27-21-11-14-29(17-21)23(30)20-6-3-4-7-20)26-16-19-9-12-28(13-10-19)18-22-8-5-15-31-22/h5,8,15,19-21H,2-4,6-7,9-14,16-18H2,1H3,(H2,25,26,27). The molecule has 0 bridgehead atoms. The quantitative estimate of drug-likeness (QED) is 0.499. The maximum Gasteiger partial charge on any atom is 0.225 e. The lowest BCUT2D eigenvalue weighted by Gasteiger charge is -2.31. The zero-order valence-corrected chi connectivity index (χ0v) is 19.8. The minimum Gasteiger partial charge on any atom is -0.357 e. The molecule has 1 aliphatic carbocycles. The summed E-state index contributed by atoms with van der Waals surface area (Å²) in [4.78, 5) is 23.8. The number of hydrogen-bond acceptors (Lipinski definition) is 4. The topological polar surface area (TPSA) is 60.0 Å². The van der Waals surface area contributed by atoms with E-state index in [9.17, 15) is 4.79 Å². The van der Waals surface area contributed by atoms with Crippen molar-refractivity contribution >= 4 is 23.2 Å². The molecule has 0 radical (unpaired) electrons. The van der Waals surface area contributed by atoms with Gasteiger partial charge in [-0.1, -0.05) is 18.9 Å². The fourth-order valence-corrected chi connectivity index (χ4v) is 5.94. The summed E-state index contributed by atoms with van der Waals surface area (Å²) in [5.74, 6) is 2.26. The van der Waals surface area contributed by atoms with E-state index >= 15 is 0 Å². The molecule has 31 heavy (non-hydrogen) atoms. The van der Waals surface area contributed by atoms with Crippen LogP contribution in [0.5, 0.6) is 0 Å². The van der Waals surface area contributed by atoms with Crippen LogP contribution in [-0.2, 0) is 11.3 Å². The molecular weight excluding hydrogens is 406 g/mol. The average Bonchev–Trinajstić information content (AvgIpc) is 3.55. The Labute approximate surface area is 191 Å². The van der Waals surface area contributed by atoms with Crippen LogP contribution in [0.15, 0.2) is 22.5 Å². The van der Waals surface area contributed by atoms with E-state index < -0.39 is 0 Å². The van der Waals surface area contributed by atoms with Gasteiger partial charge in [-0.2, -0.15) is 0 Å². The van der Waals surface area contributed by atoms with Gasteiger partial charge in [-0.3, -0.25) is 14.7 Å². The molecule has 3 heterocycles. The van der Waals surface area contributed by atoms with Gasteiger partial charge < -0.3 is 15.5 Å². The summed E-state index contributed by atoms with van der Waals surface area (Å²) >= 11 is 1.86. The van der Waals surface area contributed by atoms with Crippen LogP contribution in [0.4, 0.5) is 0 Å². The van der Waals surface area contributed by atoms with Gasteiger partial charge in [0.1, 0.15) is 0 Å². The summed E-state index contributed by atoms with van der Waals surface area (Å²) in [6.45, 7) is 9.00. The molecule has 172 valence electrons. The van der Waals surface area contributed by atoms with Gasteiger partial charge in [-0.15, -0.1) is 11.3 Å². The Hall–Kier alpha value is -1.60. The molecule has 3 aliphatic rings. The molecule has 1 unspecified atom stereocenters. The number of hydrogen-bond donors (Lipinski definition) is 2. The van der Waals surface area contributed by atoms with E-state index in [0.29, 0.717) is 17.9 Å². The number of likely N-dealkylation sites (tertiary alicyclic amines) is 2. The van der Waals surface area contributed by atoms with Crippen molar-refractivity contribution in [3.05, 3.63) is 22.4 Å². The fourth-order valence-electron chi connectivity index (χ4n) is 5.19. The van der Waals surface area contributed by atoms with Crippen LogP contribution in [0.2, 0.25) is 0 Å². The maximum atomic E-state index is 12.7. The van der Waals surface area contributed by atoms with Gasteiger partial charge in [0.2, 0.25) is 5.91 Å². The number of nitrogens with zero attached hydrogens (tertiary/aromatic N) is 3. The summed E-state index contributed by atoms with van der Waals surface area (Å²) in [6.07, 6.45) is 8.08. The normalized spacial score (nSPS) is 24.1. The molecule has 1 saturated carbocycles. The number of carbonyl (C=O) groups excluding carboxylic acids is 1.